The Hall–Kier alpha value is -1.79. The highest BCUT2D eigenvalue weighted by Gasteiger charge is 2.44. The normalized spacial score (nSPS) is 21.2. The fraction of sp³-hybridized carbons (Fsp3) is 0.300. The Morgan fingerprint density at radius 1 is 1.23 bits per heavy atom. The topological polar surface area (TPSA) is 32.7 Å². The van der Waals surface area contributed by atoms with Gasteiger partial charge in [-0.1, -0.05) is 35.5 Å². The van der Waals surface area contributed by atoms with Crippen molar-refractivity contribution < 1.29 is 9.18 Å². The van der Waals surface area contributed by atoms with E-state index in [1.807, 2.05) is 13.0 Å². The number of halogens is 1. The molecule has 2 heterocycles. The first kappa shape index (κ1) is 17.6. The molecule has 0 radical (unpaired) electrons. The quantitative estimate of drug-likeness (QED) is 0.740. The summed E-state index contributed by atoms with van der Waals surface area (Å²) < 4.78 is 14.8. The molecule has 0 fully saturated rings. The van der Waals surface area contributed by atoms with E-state index in [1.165, 1.54) is 17.5 Å². The summed E-state index contributed by atoms with van der Waals surface area (Å²) in [4.78, 5) is 14.2. The third kappa shape index (κ3) is 2.95. The Morgan fingerprint density at radius 3 is 2.65 bits per heavy atom. The van der Waals surface area contributed by atoms with Crippen LogP contribution in [0.1, 0.15) is 23.6 Å². The summed E-state index contributed by atoms with van der Waals surface area (Å²) in [6, 6.07) is 12.0. The largest absolute Gasteiger partial charge is 0.273 e. The van der Waals surface area contributed by atoms with Crippen molar-refractivity contribution >= 4 is 35.1 Å². The van der Waals surface area contributed by atoms with Gasteiger partial charge in [-0.25, -0.2) is 9.40 Å². The summed E-state index contributed by atoms with van der Waals surface area (Å²) in [6.45, 7) is 5.33. The zero-order chi connectivity index (χ0) is 18.4. The zero-order valence-electron chi connectivity index (χ0n) is 14.8. The van der Waals surface area contributed by atoms with Crippen LogP contribution < -0.4 is 0 Å². The van der Waals surface area contributed by atoms with Crippen molar-refractivity contribution in [1.82, 2.24) is 5.01 Å². The molecule has 0 unspecified atom stereocenters. The van der Waals surface area contributed by atoms with Crippen molar-refractivity contribution in [2.75, 3.05) is 5.75 Å². The van der Waals surface area contributed by atoms with Crippen LogP contribution in [0.25, 0.3) is 0 Å². The summed E-state index contributed by atoms with van der Waals surface area (Å²) in [5.74, 6) is 0.472. The summed E-state index contributed by atoms with van der Waals surface area (Å²) >= 11 is 3.27. The Balaban J connectivity index is 1.73. The monoisotopic (exact) mass is 386 g/mol. The number of thioether (sulfide) groups is 2. The number of rotatable bonds is 2. The van der Waals surface area contributed by atoms with E-state index in [1.54, 1.807) is 36.5 Å². The smallest absolute Gasteiger partial charge is 0.240 e. The number of carbonyl (C=O) groups excluding carboxylic acids is 1. The van der Waals surface area contributed by atoms with Crippen molar-refractivity contribution in [3.63, 3.8) is 0 Å². The van der Waals surface area contributed by atoms with E-state index in [9.17, 15) is 9.18 Å². The second-order valence-corrected chi connectivity index (χ2v) is 8.91. The van der Waals surface area contributed by atoms with E-state index in [4.69, 9.17) is 0 Å². The molecular weight excluding hydrogens is 367 g/mol. The van der Waals surface area contributed by atoms with Crippen molar-refractivity contribution in [1.29, 1.82) is 0 Å². The number of benzene rings is 2. The lowest BCUT2D eigenvalue weighted by Crippen LogP contribution is -2.36. The van der Waals surface area contributed by atoms with Gasteiger partial charge in [-0.3, -0.25) is 4.79 Å². The molecule has 6 heteroatoms. The molecule has 2 aliphatic heterocycles. The number of hydrogen-bond acceptors (Lipinski definition) is 4. The third-order valence-corrected chi connectivity index (χ3v) is 7.21. The number of nitrogens with zero attached hydrogens (tertiary/aromatic N) is 2. The minimum Gasteiger partial charge on any atom is -0.273 e. The van der Waals surface area contributed by atoms with Crippen LogP contribution >= 0.6 is 23.5 Å². The predicted molar refractivity (Wildman–Crippen MR) is 105 cm³/mol. The van der Waals surface area contributed by atoms with Gasteiger partial charge in [0.15, 0.2) is 0 Å². The van der Waals surface area contributed by atoms with Gasteiger partial charge in [0.25, 0.3) is 0 Å². The molecule has 0 spiro atoms. The van der Waals surface area contributed by atoms with Crippen LogP contribution in [0, 0.1) is 25.6 Å². The van der Waals surface area contributed by atoms with Gasteiger partial charge in [0.05, 0.1) is 5.71 Å². The average Bonchev–Trinajstić information content (AvgIpc) is 2.99. The predicted octanol–water partition coefficient (Wildman–Crippen LogP) is 4.85. The van der Waals surface area contributed by atoms with E-state index in [2.05, 4.69) is 29.4 Å². The Morgan fingerprint density at radius 2 is 1.96 bits per heavy atom. The Kier molecular flexibility index (Phi) is 4.57. The van der Waals surface area contributed by atoms with Crippen molar-refractivity contribution in [3.8, 4) is 0 Å². The number of amides is 1. The highest BCUT2D eigenvalue weighted by atomic mass is 32.2. The van der Waals surface area contributed by atoms with Gasteiger partial charge < -0.3 is 0 Å². The van der Waals surface area contributed by atoms with Crippen molar-refractivity contribution in [2.24, 2.45) is 11.0 Å². The summed E-state index contributed by atoms with van der Waals surface area (Å²) in [6.07, 6.45) is 0. The molecule has 2 aromatic rings. The summed E-state index contributed by atoms with van der Waals surface area (Å²) in [5, 5.41) is 5.96. The zero-order valence-corrected chi connectivity index (χ0v) is 16.5. The molecule has 3 nitrogen and oxygen atoms in total. The maximum absolute atomic E-state index is 14.8. The molecule has 2 aromatic carbocycles. The molecule has 2 aliphatic rings. The number of aryl methyl sites for hydroxylation is 2. The number of fused-ring (bicyclic) bond motifs is 3. The molecule has 0 saturated carbocycles. The number of hydrogen-bond donors (Lipinski definition) is 0. The van der Waals surface area contributed by atoms with Crippen LogP contribution in [0.2, 0.25) is 0 Å². The first-order valence-electron chi connectivity index (χ1n) is 8.49. The molecule has 0 saturated heterocycles. The molecule has 1 amide bonds. The van der Waals surface area contributed by atoms with Crippen LogP contribution in [-0.4, -0.2) is 27.8 Å². The van der Waals surface area contributed by atoms with Crippen LogP contribution in [0.5, 0.6) is 0 Å². The number of hydrazone groups is 1. The SMILES string of the molecule is CC(=O)N1N=C2c3c(ccc(C)c3F)SC[C@H]2[C@@H]1Sc1ccc(C)cc1. The minimum absolute atomic E-state index is 0.0130. The van der Waals surface area contributed by atoms with Gasteiger partial charge in [-0.05, 0) is 37.6 Å². The van der Waals surface area contributed by atoms with E-state index in [0.717, 1.165) is 15.5 Å². The van der Waals surface area contributed by atoms with Gasteiger partial charge in [0, 0.05) is 33.9 Å². The molecular formula is C20H19FN2OS2. The van der Waals surface area contributed by atoms with Gasteiger partial charge in [-0.15, -0.1) is 11.8 Å². The molecule has 2 atom stereocenters. The molecule has 0 N–H and O–H groups in total. The summed E-state index contributed by atoms with van der Waals surface area (Å²) in [5.41, 5.74) is 3.09. The fourth-order valence-electron chi connectivity index (χ4n) is 3.29. The standard InChI is InChI=1S/C20H19FN2OS2/c1-11-4-7-14(8-5-11)26-20-15-10-25-16-9-6-12(2)18(21)17(16)19(15)22-23(20)13(3)24/h4-9,15,20H,10H2,1-3H3/t15-,20+/m1/s1. The van der Waals surface area contributed by atoms with E-state index in [0.29, 0.717) is 16.8 Å². The molecule has 4 rings (SSSR count). The minimum atomic E-state index is -0.220. The second-order valence-electron chi connectivity index (χ2n) is 6.66. The molecule has 0 bridgehead atoms. The average molecular weight is 387 g/mol. The lowest BCUT2D eigenvalue weighted by Gasteiger charge is -2.28. The van der Waals surface area contributed by atoms with Gasteiger partial charge in [-0.2, -0.15) is 5.10 Å². The summed E-state index contributed by atoms with van der Waals surface area (Å²) in [7, 11) is 0. The lowest BCUT2D eigenvalue weighted by atomic mass is 9.96. The van der Waals surface area contributed by atoms with E-state index >= 15 is 0 Å². The Labute approximate surface area is 161 Å². The highest BCUT2D eigenvalue weighted by Crippen LogP contribution is 2.45. The van der Waals surface area contributed by atoms with Crippen molar-refractivity contribution in [3.05, 3.63) is 58.9 Å². The Bertz CT molecular complexity index is 911. The molecule has 0 aliphatic carbocycles. The fourth-order valence-corrected chi connectivity index (χ4v) is 5.87. The molecule has 0 aromatic heterocycles. The van der Waals surface area contributed by atoms with Crippen LogP contribution in [0.15, 0.2) is 51.3 Å². The highest BCUT2D eigenvalue weighted by molar-refractivity contribution is 8.00. The van der Waals surface area contributed by atoms with Gasteiger partial charge in [0.1, 0.15) is 11.2 Å². The van der Waals surface area contributed by atoms with E-state index in [-0.39, 0.29) is 23.0 Å². The maximum atomic E-state index is 14.8. The van der Waals surface area contributed by atoms with Crippen LogP contribution in [-0.2, 0) is 4.79 Å². The lowest BCUT2D eigenvalue weighted by molar-refractivity contribution is -0.129. The van der Waals surface area contributed by atoms with E-state index < -0.39 is 0 Å². The third-order valence-electron chi connectivity index (χ3n) is 4.72. The van der Waals surface area contributed by atoms with Gasteiger partial charge in [0.2, 0.25) is 5.91 Å². The van der Waals surface area contributed by atoms with Crippen LogP contribution in [0.4, 0.5) is 4.39 Å². The first-order chi connectivity index (χ1) is 12.5. The van der Waals surface area contributed by atoms with Crippen molar-refractivity contribution in [2.45, 2.75) is 35.9 Å². The molecule has 26 heavy (non-hydrogen) atoms. The molecule has 134 valence electrons. The number of carbonyl (C=O) groups is 1. The van der Waals surface area contributed by atoms with Gasteiger partial charge >= 0.3 is 0 Å². The second kappa shape index (κ2) is 6.74. The maximum Gasteiger partial charge on any atom is 0.240 e. The first-order valence-corrected chi connectivity index (χ1v) is 10.4. The van der Waals surface area contributed by atoms with Crippen LogP contribution in [0.3, 0.4) is 0 Å².